The number of nitrogens with zero attached hydrogens (tertiary/aromatic N) is 5. The highest BCUT2D eigenvalue weighted by Crippen LogP contribution is 2.49. The average molecular weight is 423 g/mol. The number of hydrogen-bond acceptors (Lipinski definition) is 6. The number of phenolic OH excluding ortho intramolecular Hbond substituents is 1. The molecule has 4 atom stereocenters. The van der Waals surface area contributed by atoms with Crippen LogP contribution in [-0.2, 0) is 0 Å². The van der Waals surface area contributed by atoms with Crippen LogP contribution in [0, 0.1) is 5.41 Å². The first-order valence-electron chi connectivity index (χ1n) is 10.6. The molecule has 1 aliphatic carbocycles. The van der Waals surface area contributed by atoms with Crippen LogP contribution in [0.3, 0.4) is 0 Å². The molecule has 0 radical (unpaired) electrons. The molecule has 2 aliphatic heterocycles. The van der Waals surface area contributed by atoms with Crippen molar-refractivity contribution in [3.8, 4) is 22.7 Å². The van der Waals surface area contributed by atoms with Gasteiger partial charge < -0.3 is 19.9 Å². The van der Waals surface area contributed by atoms with Gasteiger partial charge in [0.2, 0.25) is 0 Å². The lowest BCUT2D eigenvalue weighted by molar-refractivity contribution is -0.0411. The Balaban J connectivity index is 1.40. The van der Waals surface area contributed by atoms with Gasteiger partial charge in [-0.15, -0.1) is 10.2 Å². The van der Waals surface area contributed by atoms with E-state index in [4.69, 9.17) is 0 Å². The van der Waals surface area contributed by atoms with Gasteiger partial charge in [-0.2, -0.15) is 0 Å². The van der Waals surface area contributed by atoms with Gasteiger partial charge in [0.1, 0.15) is 11.9 Å². The second-order valence-electron chi connectivity index (χ2n) is 9.33. The summed E-state index contributed by atoms with van der Waals surface area (Å²) in [6, 6.07) is 8.76. The molecule has 4 heterocycles. The number of nitrogens with one attached hydrogen (secondary N) is 1. The molecule has 2 bridgehead atoms. The normalized spacial score (nSPS) is 29.8. The van der Waals surface area contributed by atoms with E-state index in [9.17, 15) is 5.11 Å². The second kappa shape index (κ2) is 7.02. The molecule has 31 heavy (non-hydrogen) atoms. The Morgan fingerprint density at radius 2 is 2.03 bits per heavy atom. The number of halogens is 1. The summed E-state index contributed by atoms with van der Waals surface area (Å²) < 4.78 is 17.3. The van der Waals surface area contributed by atoms with Gasteiger partial charge in [0.25, 0.3) is 0 Å². The highest BCUT2D eigenvalue weighted by atomic mass is 19.1. The van der Waals surface area contributed by atoms with E-state index >= 15 is 4.39 Å². The molecule has 2 saturated heterocycles. The van der Waals surface area contributed by atoms with Crippen molar-refractivity contribution in [2.75, 3.05) is 18.5 Å². The lowest BCUT2D eigenvalue weighted by Gasteiger charge is -2.60. The second-order valence-corrected chi connectivity index (χ2v) is 9.33. The first-order chi connectivity index (χ1) is 14.8. The Labute approximate surface area is 180 Å². The van der Waals surface area contributed by atoms with E-state index in [0.29, 0.717) is 17.1 Å². The molecule has 7 nitrogen and oxygen atoms in total. The fourth-order valence-corrected chi connectivity index (χ4v) is 5.09. The highest BCUT2D eigenvalue weighted by molar-refractivity contribution is 5.69. The van der Waals surface area contributed by atoms with Crippen LogP contribution in [0.15, 0.2) is 49.1 Å². The van der Waals surface area contributed by atoms with Crippen molar-refractivity contribution in [3.05, 3.63) is 49.1 Å². The van der Waals surface area contributed by atoms with Gasteiger partial charge in [-0.05, 0) is 44.0 Å². The van der Waals surface area contributed by atoms with E-state index < -0.39 is 11.7 Å². The summed E-state index contributed by atoms with van der Waals surface area (Å²) in [7, 11) is 1.90. The fourth-order valence-electron chi connectivity index (χ4n) is 5.09. The zero-order chi connectivity index (χ0) is 21.8. The lowest BCUT2D eigenvalue weighted by Crippen LogP contribution is -2.74. The number of fused-ring (bicyclic) bond motifs is 3. The Bertz CT molecular complexity index is 1080. The van der Waals surface area contributed by atoms with Crippen LogP contribution in [0.4, 0.5) is 10.2 Å². The van der Waals surface area contributed by atoms with Gasteiger partial charge in [-0.3, -0.25) is 0 Å². The fraction of sp³-hybridized carbons (Fsp3) is 0.435. The number of aromatic hydroxyl groups is 1. The van der Waals surface area contributed by atoms with E-state index in [1.165, 1.54) is 0 Å². The molecule has 0 amide bonds. The Morgan fingerprint density at radius 1 is 1.19 bits per heavy atom. The van der Waals surface area contributed by atoms with E-state index in [1.807, 2.05) is 53.9 Å². The van der Waals surface area contributed by atoms with E-state index in [0.717, 1.165) is 25.1 Å². The minimum absolute atomic E-state index is 0.113. The maximum atomic E-state index is 15.5. The first-order valence-corrected chi connectivity index (χ1v) is 10.6. The molecule has 2 aromatic heterocycles. The van der Waals surface area contributed by atoms with Crippen molar-refractivity contribution >= 4 is 5.82 Å². The first kappa shape index (κ1) is 19.9. The summed E-state index contributed by atoms with van der Waals surface area (Å²) in [4.78, 5) is 5.96. The average Bonchev–Trinajstić information content (AvgIpc) is 3.30. The molecule has 2 N–H and O–H groups in total. The molecule has 3 aliphatic rings. The van der Waals surface area contributed by atoms with E-state index in [-0.39, 0.29) is 17.2 Å². The van der Waals surface area contributed by atoms with Crippen molar-refractivity contribution in [1.82, 2.24) is 25.1 Å². The van der Waals surface area contributed by atoms with Crippen LogP contribution < -0.4 is 10.2 Å². The third-order valence-electron chi connectivity index (χ3n) is 7.20. The standard InChI is InChI=1S/C23H27FN6O/c1-22-8-9-23(2,26-13-22)20(24)21(22)29(3)19-7-6-17(27-28-19)16-5-4-15(12-18(16)31)30-11-10-25-14-30/h4-7,10-12,14,20-21,26,31H,8-9,13H2,1-3H3/t20-,21+,22-,23-/m0/s1. The van der Waals surface area contributed by atoms with Crippen LogP contribution in [0.5, 0.6) is 5.75 Å². The SMILES string of the molecule is CN(c1ccc(-c2ccc(-n3ccnc3)cc2O)nn1)[C@@H]1[C@H](F)[C@]2(C)CC[C@@]1(C)CN2. The summed E-state index contributed by atoms with van der Waals surface area (Å²) in [6.07, 6.45) is 5.99. The number of aromatic nitrogens is 4. The summed E-state index contributed by atoms with van der Waals surface area (Å²) in [5.41, 5.74) is 1.31. The number of alkyl halides is 1. The van der Waals surface area contributed by atoms with Crippen molar-refractivity contribution in [1.29, 1.82) is 0 Å². The summed E-state index contributed by atoms with van der Waals surface area (Å²) in [6.45, 7) is 4.91. The molecule has 0 spiro atoms. The quantitative estimate of drug-likeness (QED) is 0.671. The van der Waals surface area contributed by atoms with Gasteiger partial charge in [0.15, 0.2) is 5.82 Å². The van der Waals surface area contributed by atoms with Gasteiger partial charge in [0, 0.05) is 48.6 Å². The number of piperidine rings is 2. The largest absolute Gasteiger partial charge is 0.507 e. The van der Waals surface area contributed by atoms with Crippen molar-refractivity contribution in [3.63, 3.8) is 0 Å². The Hall–Kier alpha value is -3.00. The predicted octanol–water partition coefficient (Wildman–Crippen LogP) is 3.34. The van der Waals surface area contributed by atoms with Crippen LogP contribution in [0.2, 0.25) is 0 Å². The molecule has 0 unspecified atom stereocenters. The molecule has 1 saturated carbocycles. The molecule has 3 aromatic rings. The summed E-state index contributed by atoms with van der Waals surface area (Å²) in [5, 5.41) is 22.6. The van der Waals surface area contributed by atoms with Crippen LogP contribution in [0.1, 0.15) is 26.7 Å². The molecule has 162 valence electrons. The smallest absolute Gasteiger partial charge is 0.151 e. The van der Waals surface area contributed by atoms with Crippen LogP contribution in [-0.4, -0.2) is 56.2 Å². The number of phenols is 1. The summed E-state index contributed by atoms with van der Waals surface area (Å²) in [5.74, 6) is 0.741. The van der Waals surface area contributed by atoms with Crippen molar-refractivity contribution in [2.24, 2.45) is 5.41 Å². The Kier molecular flexibility index (Phi) is 4.51. The lowest BCUT2D eigenvalue weighted by atomic mass is 9.60. The number of imidazole rings is 1. The number of hydrogen-bond donors (Lipinski definition) is 2. The monoisotopic (exact) mass is 422 g/mol. The minimum atomic E-state index is -0.994. The van der Waals surface area contributed by atoms with E-state index in [2.05, 4.69) is 27.4 Å². The topological polar surface area (TPSA) is 79.1 Å². The predicted molar refractivity (Wildman–Crippen MR) is 117 cm³/mol. The molecular formula is C23H27FN6O. The van der Waals surface area contributed by atoms with E-state index in [1.54, 1.807) is 18.6 Å². The Morgan fingerprint density at radius 3 is 2.65 bits per heavy atom. The van der Waals surface area contributed by atoms with Gasteiger partial charge in [0.05, 0.1) is 23.8 Å². The van der Waals surface area contributed by atoms with Crippen molar-refractivity contribution in [2.45, 2.75) is 44.4 Å². The van der Waals surface area contributed by atoms with Gasteiger partial charge >= 0.3 is 0 Å². The maximum absolute atomic E-state index is 15.5. The molecular weight excluding hydrogens is 395 g/mol. The maximum Gasteiger partial charge on any atom is 0.151 e. The zero-order valence-electron chi connectivity index (χ0n) is 18.0. The number of anilines is 1. The van der Waals surface area contributed by atoms with Crippen LogP contribution in [0.25, 0.3) is 16.9 Å². The van der Waals surface area contributed by atoms with Crippen molar-refractivity contribution < 1.29 is 9.50 Å². The number of rotatable bonds is 4. The highest BCUT2D eigenvalue weighted by Gasteiger charge is 2.58. The van der Waals surface area contributed by atoms with Gasteiger partial charge in [-0.1, -0.05) is 6.92 Å². The molecule has 8 heteroatoms. The van der Waals surface area contributed by atoms with Gasteiger partial charge in [-0.25, -0.2) is 9.37 Å². The molecule has 3 fully saturated rings. The zero-order valence-corrected chi connectivity index (χ0v) is 18.0. The molecule has 6 rings (SSSR count). The van der Waals surface area contributed by atoms with Crippen LogP contribution >= 0.6 is 0 Å². The minimum Gasteiger partial charge on any atom is -0.507 e. The number of benzene rings is 1. The third-order valence-corrected chi connectivity index (χ3v) is 7.20. The molecule has 1 aromatic carbocycles. The summed E-state index contributed by atoms with van der Waals surface area (Å²) >= 11 is 0. The third kappa shape index (κ3) is 3.17.